The molecule has 1 amide bonds. The number of aryl methyl sites for hydroxylation is 2. The molecular weight excluding hydrogens is 446 g/mol. The van der Waals surface area contributed by atoms with Crippen molar-refractivity contribution in [3.05, 3.63) is 59.2 Å². The molecule has 2 aromatic rings. The van der Waals surface area contributed by atoms with Crippen molar-refractivity contribution in [2.75, 3.05) is 44.2 Å². The van der Waals surface area contributed by atoms with Gasteiger partial charge in [-0.05, 0) is 68.0 Å². The van der Waals surface area contributed by atoms with Gasteiger partial charge in [-0.15, -0.1) is 0 Å². The summed E-state index contributed by atoms with van der Waals surface area (Å²) >= 11 is 0. The average Bonchev–Trinajstić information content (AvgIpc) is 3.15. The van der Waals surface area contributed by atoms with E-state index in [1.54, 1.807) is 16.4 Å². The van der Waals surface area contributed by atoms with Gasteiger partial charge in [-0.3, -0.25) is 4.79 Å². The van der Waals surface area contributed by atoms with Crippen molar-refractivity contribution in [2.45, 2.75) is 57.3 Å². The summed E-state index contributed by atoms with van der Waals surface area (Å²) in [4.78, 5) is 17.5. The first kappa shape index (κ1) is 24.7. The van der Waals surface area contributed by atoms with Crippen molar-refractivity contribution in [2.24, 2.45) is 0 Å². The van der Waals surface area contributed by atoms with E-state index in [1.807, 2.05) is 17.0 Å². The Bertz CT molecular complexity index is 1080. The summed E-state index contributed by atoms with van der Waals surface area (Å²) in [6.07, 6.45) is 5.12. The molecular formula is C27H37N3O3S. The SMILES string of the molecule is Cc1cccc(N2CCN(C(=O)CCc3ccc(S(=O)(=O)N4CCCCCC4)cc3)CC2)c1C. The van der Waals surface area contributed by atoms with E-state index in [9.17, 15) is 13.2 Å². The van der Waals surface area contributed by atoms with Crippen LogP contribution in [0.15, 0.2) is 47.4 Å². The molecule has 0 unspecified atom stereocenters. The molecule has 0 N–H and O–H groups in total. The van der Waals surface area contributed by atoms with Crippen LogP contribution in [0.1, 0.15) is 48.8 Å². The molecule has 0 radical (unpaired) electrons. The molecule has 184 valence electrons. The number of sulfonamides is 1. The molecule has 0 aliphatic carbocycles. The Morgan fingerprint density at radius 2 is 1.47 bits per heavy atom. The van der Waals surface area contributed by atoms with Crippen molar-refractivity contribution in [3.63, 3.8) is 0 Å². The Morgan fingerprint density at radius 1 is 0.824 bits per heavy atom. The van der Waals surface area contributed by atoms with Crippen molar-refractivity contribution >= 4 is 21.6 Å². The maximum atomic E-state index is 13.0. The molecule has 34 heavy (non-hydrogen) atoms. The Balaban J connectivity index is 1.28. The summed E-state index contributed by atoms with van der Waals surface area (Å²) < 4.78 is 27.5. The van der Waals surface area contributed by atoms with Gasteiger partial charge in [0.1, 0.15) is 0 Å². The van der Waals surface area contributed by atoms with Gasteiger partial charge in [-0.25, -0.2) is 8.42 Å². The van der Waals surface area contributed by atoms with E-state index < -0.39 is 10.0 Å². The first-order valence-electron chi connectivity index (χ1n) is 12.5. The Morgan fingerprint density at radius 3 is 2.12 bits per heavy atom. The molecule has 2 heterocycles. The van der Waals surface area contributed by atoms with Gasteiger partial charge in [0.25, 0.3) is 0 Å². The summed E-state index contributed by atoms with van der Waals surface area (Å²) in [5, 5.41) is 0. The lowest BCUT2D eigenvalue weighted by Gasteiger charge is -2.37. The minimum Gasteiger partial charge on any atom is -0.368 e. The maximum Gasteiger partial charge on any atom is 0.243 e. The fourth-order valence-corrected chi connectivity index (χ4v) is 6.46. The lowest BCUT2D eigenvalue weighted by molar-refractivity contribution is -0.131. The number of carbonyl (C=O) groups excluding carboxylic acids is 1. The van der Waals surface area contributed by atoms with Crippen molar-refractivity contribution < 1.29 is 13.2 Å². The van der Waals surface area contributed by atoms with Crippen LogP contribution in [0.5, 0.6) is 0 Å². The maximum absolute atomic E-state index is 13.0. The zero-order valence-electron chi connectivity index (χ0n) is 20.5. The summed E-state index contributed by atoms with van der Waals surface area (Å²) in [6.45, 7) is 8.67. The summed E-state index contributed by atoms with van der Waals surface area (Å²) in [5.41, 5.74) is 4.87. The third-order valence-electron chi connectivity index (χ3n) is 7.30. The minimum absolute atomic E-state index is 0.168. The highest BCUT2D eigenvalue weighted by atomic mass is 32.2. The van der Waals surface area contributed by atoms with Crippen LogP contribution in [0, 0.1) is 13.8 Å². The zero-order valence-corrected chi connectivity index (χ0v) is 21.3. The summed E-state index contributed by atoms with van der Waals surface area (Å²) in [7, 11) is -3.43. The van der Waals surface area contributed by atoms with Crippen molar-refractivity contribution in [1.29, 1.82) is 0 Å². The highest BCUT2D eigenvalue weighted by Gasteiger charge is 2.25. The Hall–Kier alpha value is -2.38. The number of anilines is 1. The third-order valence-corrected chi connectivity index (χ3v) is 9.22. The van der Waals surface area contributed by atoms with E-state index in [0.717, 1.165) is 57.4 Å². The lowest BCUT2D eigenvalue weighted by atomic mass is 10.1. The first-order valence-corrected chi connectivity index (χ1v) is 14.0. The van der Waals surface area contributed by atoms with E-state index in [-0.39, 0.29) is 5.91 Å². The van der Waals surface area contributed by atoms with Crippen LogP contribution < -0.4 is 4.90 Å². The van der Waals surface area contributed by atoms with Crippen LogP contribution in [-0.4, -0.2) is 62.8 Å². The molecule has 0 aromatic heterocycles. The topological polar surface area (TPSA) is 60.9 Å². The quantitative estimate of drug-likeness (QED) is 0.619. The predicted molar refractivity (Wildman–Crippen MR) is 137 cm³/mol. The number of amides is 1. The van der Waals surface area contributed by atoms with E-state index in [0.29, 0.717) is 30.8 Å². The van der Waals surface area contributed by atoms with Gasteiger partial charge >= 0.3 is 0 Å². The van der Waals surface area contributed by atoms with Gasteiger partial charge in [0.2, 0.25) is 15.9 Å². The number of nitrogens with zero attached hydrogens (tertiary/aromatic N) is 3. The largest absolute Gasteiger partial charge is 0.368 e. The highest BCUT2D eigenvalue weighted by Crippen LogP contribution is 2.24. The van der Waals surface area contributed by atoms with Crippen LogP contribution in [0.4, 0.5) is 5.69 Å². The van der Waals surface area contributed by atoms with Gasteiger partial charge in [0.05, 0.1) is 4.90 Å². The number of rotatable bonds is 6. The molecule has 2 saturated heterocycles. The van der Waals surface area contributed by atoms with Crippen molar-refractivity contribution in [3.8, 4) is 0 Å². The summed E-state index contributed by atoms with van der Waals surface area (Å²) in [5.74, 6) is 0.168. The third kappa shape index (κ3) is 5.63. The summed E-state index contributed by atoms with van der Waals surface area (Å²) in [6, 6.07) is 13.5. The molecule has 0 saturated carbocycles. The average molecular weight is 484 g/mol. The van der Waals surface area contributed by atoms with Gasteiger partial charge in [-0.2, -0.15) is 4.31 Å². The molecule has 6 nitrogen and oxygen atoms in total. The second-order valence-electron chi connectivity index (χ2n) is 9.55. The molecule has 7 heteroatoms. The normalized spacial score (nSPS) is 18.1. The number of hydrogen-bond donors (Lipinski definition) is 0. The van der Waals surface area contributed by atoms with E-state index in [1.165, 1.54) is 16.8 Å². The molecule has 0 spiro atoms. The van der Waals surface area contributed by atoms with Gasteiger partial charge in [-0.1, -0.05) is 37.1 Å². The molecule has 0 atom stereocenters. The van der Waals surface area contributed by atoms with Crippen LogP contribution in [-0.2, 0) is 21.2 Å². The standard InChI is InChI=1S/C27H37N3O3S/c1-22-8-7-9-26(23(22)2)28-18-20-29(21-19-28)27(31)15-12-24-10-13-25(14-11-24)34(32,33)30-16-5-3-4-6-17-30/h7-11,13-14H,3-6,12,15-21H2,1-2H3. The number of benzene rings is 2. The smallest absolute Gasteiger partial charge is 0.243 e. The molecule has 2 aliphatic heterocycles. The fourth-order valence-electron chi connectivity index (χ4n) is 4.94. The van der Waals surface area contributed by atoms with Gasteiger partial charge in [0, 0.05) is 51.4 Å². The van der Waals surface area contributed by atoms with E-state index >= 15 is 0 Å². The second-order valence-corrected chi connectivity index (χ2v) is 11.5. The zero-order chi connectivity index (χ0) is 24.1. The number of carbonyl (C=O) groups is 1. The van der Waals surface area contributed by atoms with Crippen LogP contribution >= 0.6 is 0 Å². The van der Waals surface area contributed by atoms with Crippen molar-refractivity contribution in [1.82, 2.24) is 9.21 Å². The van der Waals surface area contributed by atoms with Gasteiger partial charge < -0.3 is 9.80 Å². The molecule has 2 fully saturated rings. The van der Waals surface area contributed by atoms with Gasteiger partial charge in [0.15, 0.2) is 0 Å². The minimum atomic E-state index is -3.43. The molecule has 4 rings (SSSR count). The monoisotopic (exact) mass is 483 g/mol. The molecule has 2 aliphatic rings. The number of piperazine rings is 1. The fraction of sp³-hybridized carbons (Fsp3) is 0.519. The molecule has 2 aromatic carbocycles. The Kier molecular flexibility index (Phi) is 7.94. The van der Waals surface area contributed by atoms with Crippen LogP contribution in [0.25, 0.3) is 0 Å². The van der Waals surface area contributed by atoms with E-state index in [2.05, 4.69) is 36.9 Å². The number of hydrogen-bond acceptors (Lipinski definition) is 4. The van der Waals surface area contributed by atoms with Crippen LogP contribution in [0.2, 0.25) is 0 Å². The first-order chi connectivity index (χ1) is 16.4. The molecule has 0 bridgehead atoms. The highest BCUT2D eigenvalue weighted by molar-refractivity contribution is 7.89. The lowest BCUT2D eigenvalue weighted by Crippen LogP contribution is -2.49. The predicted octanol–water partition coefficient (Wildman–Crippen LogP) is 4.15. The second kappa shape index (κ2) is 10.9. The Labute approximate surface area is 204 Å². The van der Waals surface area contributed by atoms with E-state index in [4.69, 9.17) is 0 Å². The van der Waals surface area contributed by atoms with Crippen LogP contribution in [0.3, 0.4) is 0 Å².